The number of unbranched alkanes of at least 4 members (excludes halogenated alkanes) is 2. The summed E-state index contributed by atoms with van der Waals surface area (Å²) in [4.78, 5) is 22.6. The lowest BCUT2D eigenvalue weighted by Crippen LogP contribution is -2.39. The average molecular weight is 199 g/mol. The zero-order valence-corrected chi connectivity index (χ0v) is 8.48. The fraction of sp³-hybridized carbons (Fsp3) is 0.600. The Hall–Kier alpha value is -1.32. The molecule has 4 heteroatoms. The zero-order chi connectivity index (χ0) is 11.0. The van der Waals surface area contributed by atoms with Crippen molar-refractivity contribution in [3.8, 4) is 0 Å². The van der Waals surface area contributed by atoms with Crippen molar-refractivity contribution in [3.63, 3.8) is 0 Å². The third-order valence-corrected chi connectivity index (χ3v) is 1.99. The maximum atomic E-state index is 10.7. The lowest BCUT2D eigenvalue weighted by atomic mass is 10.2. The van der Waals surface area contributed by atoms with E-state index < -0.39 is 12.0 Å². The molecular formula is C10H17NO3. The van der Waals surface area contributed by atoms with Gasteiger partial charge in [0.25, 0.3) is 0 Å². The van der Waals surface area contributed by atoms with Gasteiger partial charge in [-0.05, 0) is 6.42 Å². The molecule has 1 atom stereocenters. The fourth-order valence-electron chi connectivity index (χ4n) is 1.18. The Labute approximate surface area is 84.2 Å². The number of hydrogen-bond acceptors (Lipinski definition) is 2. The van der Waals surface area contributed by atoms with E-state index in [2.05, 4.69) is 6.58 Å². The summed E-state index contributed by atoms with van der Waals surface area (Å²) in [7, 11) is 0. The molecule has 0 spiro atoms. The van der Waals surface area contributed by atoms with Crippen LogP contribution in [-0.4, -0.2) is 35.0 Å². The summed E-state index contributed by atoms with van der Waals surface area (Å²) >= 11 is 0. The molecule has 0 heterocycles. The minimum Gasteiger partial charge on any atom is -0.479 e. The molecule has 4 nitrogen and oxygen atoms in total. The van der Waals surface area contributed by atoms with E-state index in [0.29, 0.717) is 13.0 Å². The van der Waals surface area contributed by atoms with E-state index in [1.54, 1.807) is 0 Å². The highest BCUT2D eigenvalue weighted by atomic mass is 16.4. The Morgan fingerprint density at radius 3 is 2.57 bits per heavy atom. The summed E-state index contributed by atoms with van der Waals surface area (Å²) in [6, 6.07) is -0.899. The topological polar surface area (TPSA) is 57.6 Å². The van der Waals surface area contributed by atoms with Crippen molar-refractivity contribution >= 4 is 12.4 Å². The zero-order valence-electron chi connectivity index (χ0n) is 8.48. The molecule has 0 aliphatic heterocycles. The van der Waals surface area contributed by atoms with Gasteiger partial charge in [-0.1, -0.05) is 25.8 Å². The summed E-state index contributed by atoms with van der Waals surface area (Å²) in [5.41, 5.74) is 0. The quantitative estimate of drug-likeness (QED) is 0.364. The van der Waals surface area contributed by atoms with Gasteiger partial charge in [-0.25, -0.2) is 4.79 Å². The number of aliphatic carboxylic acids is 1. The van der Waals surface area contributed by atoms with Gasteiger partial charge >= 0.3 is 5.97 Å². The Bertz CT molecular complexity index is 204. The second-order valence-electron chi connectivity index (χ2n) is 3.07. The van der Waals surface area contributed by atoms with E-state index in [4.69, 9.17) is 5.11 Å². The normalized spacial score (nSPS) is 11.8. The van der Waals surface area contributed by atoms with Gasteiger partial charge in [0.15, 0.2) is 0 Å². The highest BCUT2D eigenvalue weighted by molar-refractivity contribution is 5.78. The molecule has 0 aromatic heterocycles. The standard InChI is InChI=1S/C10H17NO3/c1-3-5-6-7-11(8-12)9(4-2)10(13)14/h4,8-9H,2-3,5-7H2,1H3,(H,13,14). The first kappa shape index (κ1) is 12.7. The molecule has 0 saturated carbocycles. The van der Waals surface area contributed by atoms with Gasteiger partial charge in [0.05, 0.1) is 0 Å². The smallest absolute Gasteiger partial charge is 0.330 e. The molecular weight excluding hydrogens is 182 g/mol. The molecule has 0 aromatic rings. The molecule has 80 valence electrons. The van der Waals surface area contributed by atoms with Crippen LogP contribution in [0.15, 0.2) is 12.7 Å². The van der Waals surface area contributed by atoms with Gasteiger partial charge in [0.1, 0.15) is 6.04 Å². The lowest BCUT2D eigenvalue weighted by Gasteiger charge is -2.21. The van der Waals surface area contributed by atoms with Crippen LogP contribution in [0.4, 0.5) is 0 Å². The van der Waals surface area contributed by atoms with E-state index in [0.717, 1.165) is 19.3 Å². The number of carbonyl (C=O) groups excluding carboxylic acids is 1. The summed E-state index contributed by atoms with van der Waals surface area (Å²) < 4.78 is 0. The number of carboxylic acids is 1. The number of carboxylic acid groups (broad SMARTS) is 1. The number of amides is 1. The Kier molecular flexibility index (Phi) is 6.45. The van der Waals surface area contributed by atoms with Crippen LogP contribution in [0.2, 0.25) is 0 Å². The molecule has 0 aliphatic carbocycles. The molecule has 0 rings (SSSR count). The first-order valence-corrected chi connectivity index (χ1v) is 4.73. The van der Waals surface area contributed by atoms with Crippen molar-refractivity contribution in [2.75, 3.05) is 6.54 Å². The summed E-state index contributed by atoms with van der Waals surface area (Å²) in [6.45, 7) is 5.92. The predicted octanol–water partition coefficient (Wildman–Crippen LogP) is 1.27. The number of carbonyl (C=O) groups is 2. The van der Waals surface area contributed by atoms with Crippen molar-refractivity contribution in [1.82, 2.24) is 4.90 Å². The van der Waals surface area contributed by atoms with Crippen LogP contribution < -0.4 is 0 Å². The number of nitrogens with zero attached hydrogens (tertiary/aromatic N) is 1. The van der Waals surface area contributed by atoms with Crippen molar-refractivity contribution < 1.29 is 14.7 Å². The molecule has 0 radical (unpaired) electrons. The van der Waals surface area contributed by atoms with Crippen LogP contribution in [0.25, 0.3) is 0 Å². The first-order chi connectivity index (χ1) is 6.67. The first-order valence-electron chi connectivity index (χ1n) is 4.73. The fourth-order valence-corrected chi connectivity index (χ4v) is 1.18. The van der Waals surface area contributed by atoms with Crippen molar-refractivity contribution in [2.45, 2.75) is 32.2 Å². The molecule has 0 aliphatic rings. The van der Waals surface area contributed by atoms with Crippen LogP contribution in [0.3, 0.4) is 0 Å². The van der Waals surface area contributed by atoms with Crippen molar-refractivity contribution in [1.29, 1.82) is 0 Å². The Morgan fingerprint density at radius 1 is 1.57 bits per heavy atom. The molecule has 14 heavy (non-hydrogen) atoms. The lowest BCUT2D eigenvalue weighted by molar-refractivity contribution is -0.144. The largest absolute Gasteiger partial charge is 0.479 e. The summed E-state index contributed by atoms with van der Waals surface area (Å²) in [5.74, 6) is -1.04. The summed E-state index contributed by atoms with van der Waals surface area (Å²) in [6.07, 6.45) is 4.69. The third kappa shape index (κ3) is 4.07. The van der Waals surface area contributed by atoms with Crippen LogP contribution in [-0.2, 0) is 9.59 Å². The highest BCUT2D eigenvalue weighted by Crippen LogP contribution is 2.02. The van der Waals surface area contributed by atoms with Gasteiger partial charge in [-0.15, -0.1) is 6.58 Å². The second kappa shape index (κ2) is 7.12. The Morgan fingerprint density at radius 2 is 2.21 bits per heavy atom. The van der Waals surface area contributed by atoms with Crippen LogP contribution >= 0.6 is 0 Å². The molecule has 0 fully saturated rings. The second-order valence-corrected chi connectivity index (χ2v) is 3.07. The minimum absolute atomic E-state index is 0.473. The molecule has 0 bridgehead atoms. The molecule has 1 amide bonds. The average Bonchev–Trinajstić information content (AvgIpc) is 2.16. The predicted molar refractivity (Wildman–Crippen MR) is 53.9 cm³/mol. The molecule has 1 N–H and O–H groups in total. The number of rotatable bonds is 8. The van der Waals surface area contributed by atoms with E-state index in [9.17, 15) is 9.59 Å². The van der Waals surface area contributed by atoms with Crippen molar-refractivity contribution in [3.05, 3.63) is 12.7 Å². The van der Waals surface area contributed by atoms with Crippen LogP contribution in [0.1, 0.15) is 26.2 Å². The maximum Gasteiger partial charge on any atom is 0.330 e. The van der Waals surface area contributed by atoms with E-state index in [1.807, 2.05) is 6.92 Å². The van der Waals surface area contributed by atoms with E-state index >= 15 is 0 Å². The van der Waals surface area contributed by atoms with Gasteiger partial charge in [-0.3, -0.25) is 4.79 Å². The van der Waals surface area contributed by atoms with Gasteiger partial charge in [0.2, 0.25) is 6.41 Å². The SMILES string of the molecule is C=CC(C(=O)O)N(C=O)CCCCC. The highest BCUT2D eigenvalue weighted by Gasteiger charge is 2.19. The molecule has 1 unspecified atom stereocenters. The Balaban J connectivity index is 4.15. The van der Waals surface area contributed by atoms with E-state index in [-0.39, 0.29) is 0 Å². The van der Waals surface area contributed by atoms with Crippen molar-refractivity contribution in [2.24, 2.45) is 0 Å². The minimum atomic E-state index is -1.04. The third-order valence-electron chi connectivity index (χ3n) is 1.99. The van der Waals surface area contributed by atoms with Gasteiger partial charge in [-0.2, -0.15) is 0 Å². The molecule has 0 aromatic carbocycles. The summed E-state index contributed by atoms with van der Waals surface area (Å²) in [5, 5.41) is 8.76. The van der Waals surface area contributed by atoms with Gasteiger partial charge < -0.3 is 10.0 Å². The maximum absolute atomic E-state index is 10.7. The van der Waals surface area contributed by atoms with E-state index in [1.165, 1.54) is 11.0 Å². The van der Waals surface area contributed by atoms with Crippen LogP contribution in [0, 0.1) is 0 Å². The monoisotopic (exact) mass is 199 g/mol. The van der Waals surface area contributed by atoms with Gasteiger partial charge in [0, 0.05) is 6.54 Å². The number of hydrogen-bond donors (Lipinski definition) is 1. The van der Waals surface area contributed by atoms with Crippen LogP contribution in [0.5, 0.6) is 0 Å². The molecule has 0 saturated heterocycles.